The number of hydrogen-bond donors (Lipinski definition) is 1. The normalized spacial score (nSPS) is 15.5. The van der Waals surface area contributed by atoms with Crippen LogP contribution in [0.2, 0.25) is 10.0 Å². The van der Waals surface area contributed by atoms with E-state index in [0.717, 1.165) is 25.9 Å². The molecule has 1 aliphatic heterocycles. The third-order valence-electron chi connectivity index (χ3n) is 5.55. The van der Waals surface area contributed by atoms with Gasteiger partial charge in [0.2, 0.25) is 0 Å². The molecule has 2 aromatic rings. The van der Waals surface area contributed by atoms with Crippen molar-refractivity contribution >= 4 is 29.2 Å². The number of carbonyl (C=O) groups is 1. The summed E-state index contributed by atoms with van der Waals surface area (Å²) in [5.74, 6) is 0. The molecule has 1 aromatic carbocycles. The number of carbonyl (C=O) groups excluding carboxylic acids is 1. The number of likely N-dealkylation sites (tertiary alicyclic amines) is 1. The van der Waals surface area contributed by atoms with Crippen molar-refractivity contribution in [3.05, 3.63) is 51.8 Å². The Kier molecular flexibility index (Phi) is 7.35. The van der Waals surface area contributed by atoms with E-state index in [0.29, 0.717) is 22.3 Å². The van der Waals surface area contributed by atoms with E-state index in [9.17, 15) is 10.1 Å². The molecule has 31 heavy (non-hydrogen) atoms. The lowest BCUT2D eigenvalue weighted by Gasteiger charge is -2.35. The molecule has 1 fully saturated rings. The molecule has 0 saturated carbocycles. The maximum absolute atomic E-state index is 12.8. The number of urea groups is 1. The first-order chi connectivity index (χ1) is 14.8. The zero-order valence-corrected chi connectivity index (χ0v) is 18.8. The molecule has 0 aliphatic carbocycles. The lowest BCUT2D eigenvalue weighted by Crippen LogP contribution is -2.48. The highest BCUT2D eigenvalue weighted by Crippen LogP contribution is 2.38. The second kappa shape index (κ2) is 9.98. The summed E-state index contributed by atoms with van der Waals surface area (Å²) >= 11 is 13.0. The minimum Gasteiger partial charge on any atom is -0.325 e. The van der Waals surface area contributed by atoms with Crippen molar-refractivity contribution in [2.24, 2.45) is 0 Å². The maximum atomic E-state index is 12.8. The zero-order valence-electron chi connectivity index (χ0n) is 17.3. The molecule has 160 valence electrons. The number of nitrogens with zero attached hydrogens (tertiary/aromatic N) is 5. The van der Waals surface area contributed by atoms with Crippen LogP contribution in [0.1, 0.15) is 30.0 Å². The minimum atomic E-state index is -0.955. The van der Waals surface area contributed by atoms with Gasteiger partial charge in [0.1, 0.15) is 12.1 Å². The quantitative estimate of drug-likeness (QED) is 0.742. The third kappa shape index (κ3) is 5.08. The first-order valence-corrected chi connectivity index (χ1v) is 10.6. The Morgan fingerprint density at radius 3 is 2.61 bits per heavy atom. The molecule has 3 rings (SSSR count). The Labute approximate surface area is 191 Å². The van der Waals surface area contributed by atoms with Gasteiger partial charge in [-0.25, -0.2) is 4.79 Å². The standard InChI is InChI=1S/C22H22Cl2N6O/c1-29-7-5-16(6-8-29)30(2)22(31)28-19(11-26)18-4-3-17(20(23)21(18)24)15-9-14(10-25)12-27-13-15/h3-4,9,12-13,16,19H,5-8H2,1-2H3,(H,28,31). The van der Waals surface area contributed by atoms with Crippen LogP contribution in [0.15, 0.2) is 30.6 Å². The summed E-state index contributed by atoms with van der Waals surface area (Å²) in [5.41, 5.74) is 2.03. The molecule has 0 bridgehead atoms. The van der Waals surface area contributed by atoms with E-state index >= 15 is 0 Å². The summed E-state index contributed by atoms with van der Waals surface area (Å²) < 4.78 is 0. The second-order valence-corrected chi connectivity index (χ2v) is 8.32. The number of aromatic nitrogens is 1. The van der Waals surface area contributed by atoms with Gasteiger partial charge in [0.05, 0.1) is 21.7 Å². The molecular formula is C22H22Cl2N6O. The van der Waals surface area contributed by atoms with Gasteiger partial charge in [-0.1, -0.05) is 35.3 Å². The van der Waals surface area contributed by atoms with E-state index in [1.807, 2.05) is 6.07 Å². The van der Waals surface area contributed by atoms with Gasteiger partial charge in [-0.05, 0) is 39.0 Å². The molecule has 2 amide bonds. The average molecular weight is 457 g/mol. The Bertz CT molecular complexity index is 1050. The number of amides is 2. The fourth-order valence-corrected chi connectivity index (χ4v) is 4.17. The van der Waals surface area contributed by atoms with Gasteiger partial charge >= 0.3 is 6.03 Å². The summed E-state index contributed by atoms with van der Waals surface area (Å²) in [7, 11) is 3.80. The van der Waals surface area contributed by atoms with Crippen LogP contribution in [0.25, 0.3) is 11.1 Å². The molecular weight excluding hydrogens is 435 g/mol. The highest BCUT2D eigenvalue weighted by molar-refractivity contribution is 6.44. The van der Waals surface area contributed by atoms with Crippen LogP contribution in [-0.2, 0) is 0 Å². The van der Waals surface area contributed by atoms with E-state index in [1.54, 1.807) is 36.3 Å². The monoisotopic (exact) mass is 456 g/mol. The molecule has 1 N–H and O–H groups in total. The summed E-state index contributed by atoms with van der Waals surface area (Å²) in [5, 5.41) is 21.9. The van der Waals surface area contributed by atoms with Gasteiger partial charge in [-0.2, -0.15) is 10.5 Å². The number of benzene rings is 1. The number of piperidine rings is 1. The van der Waals surface area contributed by atoms with Crippen LogP contribution in [0, 0.1) is 22.7 Å². The van der Waals surface area contributed by atoms with Crippen molar-refractivity contribution in [3.63, 3.8) is 0 Å². The number of pyridine rings is 1. The summed E-state index contributed by atoms with van der Waals surface area (Å²) in [6, 6.07) is 7.99. The molecule has 1 aromatic heterocycles. The van der Waals surface area contributed by atoms with Crippen molar-refractivity contribution in [1.29, 1.82) is 10.5 Å². The Balaban J connectivity index is 1.80. The number of rotatable bonds is 4. The van der Waals surface area contributed by atoms with E-state index < -0.39 is 6.04 Å². The topological polar surface area (TPSA) is 96.0 Å². The predicted molar refractivity (Wildman–Crippen MR) is 120 cm³/mol. The van der Waals surface area contributed by atoms with E-state index in [4.69, 9.17) is 28.5 Å². The fourth-order valence-electron chi connectivity index (χ4n) is 3.61. The SMILES string of the molecule is CN1CCC(N(C)C(=O)NC(C#N)c2ccc(-c3cncc(C#N)c3)c(Cl)c2Cl)CC1. The number of nitrogens with one attached hydrogen (secondary N) is 1. The van der Waals surface area contributed by atoms with Crippen LogP contribution in [0.5, 0.6) is 0 Å². The highest BCUT2D eigenvalue weighted by atomic mass is 35.5. The van der Waals surface area contributed by atoms with Gasteiger partial charge in [0, 0.05) is 42.2 Å². The van der Waals surface area contributed by atoms with Crippen LogP contribution in [0.4, 0.5) is 4.79 Å². The van der Waals surface area contributed by atoms with E-state index in [2.05, 4.69) is 28.3 Å². The van der Waals surface area contributed by atoms with Crippen LogP contribution in [-0.4, -0.2) is 54.0 Å². The van der Waals surface area contributed by atoms with Crippen molar-refractivity contribution in [2.45, 2.75) is 24.9 Å². The molecule has 1 unspecified atom stereocenters. The molecule has 9 heteroatoms. The summed E-state index contributed by atoms with van der Waals surface area (Å²) in [6.45, 7) is 1.85. The van der Waals surface area contributed by atoms with Gasteiger partial charge < -0.3 is 15.1 Å². The fraction of sp³-hybridized carbons (Fsp3) is 0.364. The van der Waals surface area contributed by atoms with Crippen LogP contribution < -0.4 is 5.32 Å². The van der Waals surface area contributed by atoms with Crippen LogP contribution in [0.3, 0.4) is 0 Å². The Morgan fingerprint density at radius 1 is 1.26 bits per heavy atom. The van der Waals surface area contributed by atoms with Crippen molar-refractivity contribution < 1.29 is 4.79 Å². The molecule has 0 radical (unpaired) electrons. The number of nitriles is 2. The maximum Gasteiger partial charge on any atom is 0.318 e. The smallest absolute Gasteiger partial charge is 0.318 e. The van der Waals surface area contributed by atoms with Gasteiger partial charge in [0.25, 0.3) is 0 Å². The first kappa shape index (κ1) is 22.8. The Hall–Kier alpha value is -2.84. The third-order valence-corrected chi connectivity index (χ3v) is 6.45. The number of hydrogen-bond acceptors (Lipinski definition) is 5. The van der Waals surface area contributed by atoms with Crippen LogP contribution >= 0.6 is 23.2 Å². The van der Waals surface area contributed by atoms with Crippen molar-refractivity contribution in [3.8, 4) is 23.3 Å². The molecule has 1 saturated heterocycles. The summed E-state index contributed by atoms with van der Waals surface area (Å²) in [6.07, 6.45) is 4.80. The lowest BCUT2D eigenvalue weighted by atomic mass is 10.0. The van der Waals surface area contributed by atoms with E-state index in [1.165, 1.54) is 6.20 Å². The lowest BCUT2D eigenvalue weighted by molar-refractivity contribution is 0.147. The zero-order chi connectivity index (χ0) is 22.5. The van der Waals surface area contributed by atoms with Crippen molar-refractivity contribution in [2.75, 3.05) is 27.2 Å². The first-order valence-electron chi connectivity index (χ1n) is 9.80. The molecule has 7 nitrogen and oxygen atoms in total. The summed E-state index contributed by atoms with van der Waals surface area (Å²) in [4.78, 5) is 20.7. The molecule has 2 heterocycles. The van der Waals surface area contributed by atoms with Crippen molar-refractivity contribution in [1.82, 2.24) is 20.1 Å². The number of halogens is 2. The Morgan fingerprint density at radius 2 is 1.97 bits per heavy atom. The predicted octanol–water partition coefficient (Wildman–Crippen LogP) is 4.23. The molecule has 1 aliphatic rings. The van der Waals surface area contributed by atoms with Gasteiger partial charge in [0.15, 0.2) is 0 Å². The van der Waals surface area contributed by atoms with Gasteiger partial charge in [-0.15, -0.1) is 0 Å². The largest absolute Gasteiger partial charge is 0.325 e. The average Bonchev–Trinajstić information content (AvgIpc) is 2.79. The van der Waals surface area contributed by atoms with Gasteiger partial charge in [-0.3, -0.25) is 4.98 Å². The molecule has 1 atom stereocenters. The minimum absolute atomic E-state index is 0.122. The second-order valence-electron chi connectivity index (χ2n) is 7.56. The highest BCUT2D eigenvalue weighted by Gasteiger charge is 2.27. The molecule has 0 spiro atoms. The van der Waals surface area contributed by atoms with E-state index in [-0.39, 0.29) is 22.1 Å².